The number of ether oxygens (including phenoxy) is 1. The van der Waals surface area contributed by atoms with Gasteiger partial charge in [0.05, 0.1) is 17.3 Å². The first-order valence-corrected chi connectivity index (χ1v) is 12.2. The standard InChI is InChI=1S/C28H31NO2/c1-26-10-8-22-15-21-4-5-23(30)16-27(21)11-12-28(22,31-27)25(26)7-6-24(26)19-3-2-18-9-13-29-17-20(18)14-19/h2-3,8-9,13-15,17,23-25,30H,4-7,10-12,16H2,1H3/t23-,24+,25+,26+,27?,28+/m0/s1. The fraction of sp³-hybridized carbons (Fsp3) is 0.536. The molecule has 6 atom stereocenters. The number of pyridine rings is 1. The first-order chi connectivity index (χ1) is 15.0. The van der Waals surface area contributed by atoms with Crippen LogP contribution in [0.4, 0.5) is 0 Å². The van der Waals surface area contributed by atoms with E-state index in [1.807, 2.05) is 12.4 Å². The van der Waals surface area contributed by atoms with Crippen LogP contribution in [-0.4, -0.2) is 27.4 Å². The Morgan fingerprint density at radius 1 is 1.10 bits per heavy atom. The first kappa shape index (κ1) is 18.6. The molecule has 1 N–H and O–H groups in total. The Bertz CT molecular complexity index is 1150. The molecule has 3 heteroatoms. The predicted octanol–water partition coefficient (Wildman–Crippen LogP) is 5.84. The Kier molecular flexibility index (Phi) is 3.65. The van der Waals surface area contributed by atoms with Gasteiger partial charge < -0.3 is 9.84 Å². The summed E-state index contributed by atoms with van der Waals surface area (Å²) in [6.45, 7) is 2.52. The van der Waals surface area contributed by atoms with Crippen molar-refractivity contribution >= 4 is 10.8 Å². The molecular formula is C28H31NO2. The molecule has 1 saturated heterocycles. The van der Waals surface area contributed by atoms with Crippen LogP contribution in [0, 0.1) is 11.3 Å². The average molecular weight is 414 g/mol. The zero-order chi connectivity index (χ0) is 20.8. The van der Waals surface area contributed by atoms with E-state index in [-0.39, 0.29) is 22.7 Å². The van der Waals surface area contributed by atoms with Crippen LogP contribution in [-0.2, 0) is 4.74 Å². The number of fused-ring (bicyclic) bond motifs is 2. The van der Waals surface area contributed by atoms with Crippen molar-refractivity contribution in [3.63, 3.8) is 0 Å². The second-order valence-electron chi connectivity index (χ2n) is 11.1. The van der Waals surface area contributed by atoms with E-state index >= 15 is 0 Å². The van der Waals surface area contributed by atoms with Gasteiger partial charge in [-0.05, 0) is 96.4 Å². The zero-order valence-corrected chi connectivity index (χ0v) is 18.3. The van der Waals surface area contributed by atoms with Crippen LogP contribution in [0.5, 0.6) is 0 Å². The molecule has 7 rings (SSSR count). The summed E-state index contributed by atoms with van der Waals surface area (Å²) in [5.74, 6) is 1.10. The summed E-state index contributed by atoms with van der Waals surface area (Å²) in [6, 6.07) is 9.10. The van der Waals surface area contributed by atoms with Gasteiger partial charge in [0.25, 0.3) is 0 Å². The molecule has 2 saturated carbocycles. The minimum Gasteiger partial charge on any atom is -0.393 e. The number of benzene rings is 1. The lowest BCUT2D eigenvalue weighted by molar-refractivity contribution is -0.144. The van der Waals surface area contributed by atoms with Gasteiger partial charge in [0.2, 0.25) is 0 Å². The summed E-state index contributed by atoms with van der Waals surface area (Å²) in [7, 11) is 0. The SMILES string of the molecule is C[C@]12CC=C3C=C4CC[C@H](O)CC45CC[C@]3(O5)[C@@H]1CC[C@@H]2c1ccc2ccncc2c1. The molecule has 1 aromatic carbocycles. The Morgan fingerprint density at radius 3 is 2.97 bits per heavy atom. The van der Waals surface area contributed by atoms with Crippen molar-refractivity contribution < 1.29 is 9.84 Å². The lowest BCUT2D eigenvalue weighted by atomic mass is 9.58. The molecule has 3 aliphatic carbocycles. The van der Waals surface area contributed by atoms with E-state index in [2.05, 4.69) is 48.3 Å². The monoisotopic (exact) mass is 413 g/mol. The largest absolute Gasteiger partial charge is 0.393 e. The normalized spacial score (nSPS) is 43.1. The van der Waals surface area contributed by atoms with Gasteiger partial charge in [0, 0.05) is 24.2 Å². The van der Waals surface area contributed by atoms with E-state index in [9.17, 15) is 5.11 Å². The van der Waals surface area contributed by atoms with Crippen molar-refractivity contribution in [2.45, 2.75) is 81.5 Å². The third-order valence-electron chi connectivity index (χ3n) is 9.72. The van der Waals surface area contributed by atoms with Crippen LogP contribution in [0.15, 0.2) is 60.0 Å². The lowest BCUT2D eigenvalue weighted by Crippen LogP contribution is -2.54. The molecule has 2 spiro atoms. The first-order valence-electron chi connectivity index (χ1n) is 12.2. The molecule has 3 heterocycles. The molecule has 2 aromatic rings. The third-order valence-corrected chi connectivity index (χ3v) is 9.72. The van der Waals surface area contributed by atoms with Gasteiger partial charge in [0.15, 0.2) is 0 Å². The molecule has 5 aliphatic rings. The number of aliphatic hydroxyl groups excluding tert-OH is 1. The Balaban J connectivity index is 1.31. The van der Waals surface area contributed by atoms with E-state index < -0.39 is 0 Å². The highest BCUT2D eigenvalue weighted by atomic mass is 16.5. The molecule has 0 radical (unpaired) electrons. The van der Waals surface area contributed by atoms with Gasteiger partial charge in [-0.25, -0.2) is 0 Å². The number of aliphatic hydroxyl groups is 1. The maximum absolute atomic E-state index is 10.4. The Hall–Kier alpha value is -1.97. The van der Waals surface area contributed by atoms with Gasteiger partial charge in [-0.1, -0.05) is 31.2 Å². The topological polar surface area (TPSA) is 42.4 Å². The summed E-state index contributed by atoms with van der Waals surface area (Å²) in [4.78, 5) is 4.35. The van der Waals surface area contributed by atoms with Crippen molar-refractivity contribution in [2.24, 2.45) is 11.3 Å². The maximum atomic E-state index is 10.4. The molecule has 2 aliphatic heterocycles. The minimum atomic E-state index is -0.213. The zero-order valence-electron chi connectivity index (χ0n) is 18.3. The van der Waals surface area contributed by atoms with Crippen molar-refractivity contribution in [1.29, 1.82) is 0 Å². The summed E-state index contributed by atoms with van der Waals surface area (Å²) in [6.07, 6.45) is 17.1. The van der Waals surface area contributed by atoms with Crippen LogP contribution >= 0.6 is 0 Å². The molecule has 31 heavy (non-hydrogen) atoms. The van der Waals surface area contributed by atoms with Crippen molar-refractivity contribution in [3.8, 4) is 0 Å². The van der Waals surface area contributed by atoms with Gasteiger partial charge in [-0.2, -0.15) is 0 Å². The van der Waals surface area contributed by atoms with Crippen molar-refractivity contribution in [3.05, 3.63) is 65.5 Å². The fourth-order valence-corrected chi connectivity index (χ4v) is 8.25. The molecule has 1 aromatic heterocycles. The van der Waals surface area contributed by atoms with Gasteiger partial charge >= 0.3 is 0 Å². The highest BCUT2D eigenvalue weighted by Gasteiger charge is 2.66. The molecule has 160 valence electrons. The molecule has 1 unspecified atom stereocenters. The molecule has 0 amide bonds. The highest BCUT2D eigenvalue weighted by Crippen LogP contribution is 2.69. The summed E-state index contributed by atoms with van der Waals surface area (Å²) in [5, 5.41) is 13.0. The Labute approximate surface area is 184 Å². The van der Waals surface area contributed by atoms with E-state index in [1.165, 1.54) is 40.3 Å². The average Bonchev–Trinajstić information content (AvgIpc) is 3.28. The number of rotatable bonds is 1. The van der Waals surface area contributed by atoms with E-state index in [0.29, 0.717) is 11.8 Å². The predicted molar refractivity (Wildman–Crippen MR) is 122 cm³/mol. The Morgan fingerprint density at radius 2 is 2.03 bits per heavy atom. The summed E-state index contributed by atoms with van der Waals surface area (Å²) >= 11 is 0. The highest BCUT2D eigenvalue weighted by molar-refractivity contribution is 5.82. The van der Waals surface area contributed by atoms with Gasteiger partial charge in [0.1, 0.15) is 0 Å². The smallest absolute Gasteiger partial charge is 0.0974 e. The van der Waals surface area contributed by atoms with E-state index in [1.54, 1.807) is 0 Å². The van der Waals surface area contributed by atoms with Crippen LogP contribution in [0.2, 0.25) is 0 Å². The van der Waals surface area contributed by atoms with Crippen LogP contribution in [0.3, 0.4) is 0 Å². The number of hydrogen-bond donors (Lipinski definition) is 1. The van der Waals surface area contributed by atoms with Gasteiger partial charge in [-0.15, -0.1) is 0 Å². The van der Waals surface area contributed by atoms with E-state index in [4.69, 9.17) is 4.74 Å². The molecular weight excluding hydrogens is 382 g/mol. The quantitative estimate of drug-likeness (QED) is 0.639. The van der Waals surface area contributed by atoms with Crippen LogP contribution < -0.4 is 0 Å². The summed E-state index contributed by atoms with van der Waals surface area (Å²) < 4.78 is 7.18. The maximum Gasteiger partial charge on any atom is 0.0974 e. The number of nitrogens with zero attached hydrogens (tertiary/aromatic N) is 1. The minimum absolute atomic E-state index is 0.138. The van der Waals surface area contributed by atoms with Gasteiger partial charge in [-0.3, -0.25) is 4.98 Å². The summed E-state index contributed by atoms with van der Waals surface area (Å²) in [5.41, 5.74) is 4.26. The number of hydrogen-bond acceptors (Lipinski definition) is 3. The third kappa shape index (κ3) is 2.34. The fourth-order valence-electron chi connectivity index (χ4n) is 8.25. The second kappa shape index (κ2) is 6.08. The number of aromatic nitrogens is 1. The number of allylic oxidation sites excluding steroid dienone is 1. The van der Waals surface area contributed by atoms with Crippen LogP contribution in [0.1, 0.15) is 69.8 Å². The molecule has 2 bridgehead atoms. The van der Waals surface area contributed by atoms with Crippen LogP contribution in [0.25, 0.3) is 10.8 Å². The molecule has 3 fully saturated rings. The van der Waals surface area contributed by atoms with Crippen molar-refractivity contribution in [2.75, 3.05) is 0 Å². The van der Waals surface area contributed by atoms with E-state index in [0.717, 1.165) is 38.5 Å². The lowest BCUT2D eigenvalue weighted by Gasteiger charge is -2.54. The van der Waals surface area contributed by atoms with Crippen molar-refractivity contribution in [1.82, 2.24) is 4.98 Å². The molecule has 3 nitrogen and oxygen atoms in total. The second-order valence-corrected chi connectivity index (χ2v) is 11.1.